The summed E-state index contributed by atoms with van der Waals surface area (Å²) in [6.45, 7) is 0.923. The Hall–Kier alpha value is -2.12. The van der Waals surface area contributed by atoms with Crippen molar-refractivity contribution < 1.29 is 9.53 Å². The fourth-order valence-corrected chi connectivity index (χ4v) is 1.72. The molecule has 0 saturated heterocycles. The molecule has 20 heavy (non-hydrogen) atoms. The molecule has 0 spiro atoms. The van der Waals surface area contributed by atoms with Crippen molar-refractivity contribution in [3.8, 4) is 5.75 Å². The number of aromatic nitrogens is 3. The molecule has 1 aromatic heterocycles. The maximum absolute atomic E-state index is 12.0. The summed E-state index contributed by atoms with van der Waals surface area (Å²) in [5.41, 5.74) is 6.04. The first kappa shape index (κ1) is 14.3. The van der Waals surface area contributed by atoms with Gasteiger partial charge in [0, 0.05) is 12.6 Å². The Morgan fingerprint density at radius 2 is 2.35 bits per heavy atom. The third kappa shape index (κ3) is 3.25. The van der Waals surface area contributed by atoms with Crippen LogP contribution in [0.5, 0.6) is 5.75 Å². The first-order chi connectivity index (χ1) is 9.63. The van der Waals surface area contributed by atoms with E-state index in [2.05, 4.69) is 15.6 Å². The van der Waals surface area contributed by atoms with Gasteiger partial charge in [0.2, 0.25) is 0 Å². The van der Waals surface area contributed by atoms with E-state index in [9.17, 15) is 4.79 Å². The number of methoxy groups -OCH3 is 1. The third-order valence-electron chi connectivity index (χ3n) is 2.55. The number of rotatable bonds is 5. The second-order valence-electron chi connectivity index (χ2n) is 3.96. The van der Waals surface area contributed by atoms with E-state index in [4.69, 9.17) is 22.1 Å². The Morgan fingerprint density at radius 1 is 1.55 bits per heavy atom. The van der Waals surface area contributed by atoms with Crippen molar-refractivity contribution in [1.29, 1.82) is 0 Å². The predicted molar refractivity (Wildman–Crippen MR) is 75.0 cm³/mol. The number of carbonyl (C=O) groups excluding carboxylic acids is 1. The Kier molecular flexibility index (Phi) is 4.54. The van der Waals surface area contributed by atoms with Gasteiger partial charge >= 0.3 is 0 Å². The molecule has 0 radical (unpaired) electrons. The van der Waals surface area contributed by atoms with Gasteiger partial charge in [0.15, 0.2) is 5.69 Å². The topological polar surface area (TPSA) is 95.1 Å². The highest BCUT2D eigenvalue weighted by atomic mass is 35.5. The molecule has 3 N–H and O–H groups in total. The molecule has 0 saturated carbocycles. The van der Waals surface area contributed by atoms with E-state index >= 15 is 0 Å². The molecule has 1 amide bonds. The van der Waals surface area contributed by atoms with E-state index in [-0.39, 0.29) is 5.69 Å². The molecular weight excluding hydrogens is 282 g/mol. The standard InChI is InChI=1S/C12H14ClN5O2/c1-20-8-2-3-9(13)10(6-8)15-12(19)11-7-18(5-4-14)17-16-11/h2-3,6-7H,4-5,14H2,1H3,(H,15,19). The lowest BCUT2D eigenvalue weighted by Gasteiger charge is -2.07. The summed E-state index contributed by atoms with van der Waals surface area (Å²) in [6.07, 6.45) is 1.52. The molecule has 0 aliphatic carbocycles. The van der Waals surface area contributed by atoms with E-state index in [1.54, 1.807) is 18.2 Å². The summed E-state index contributed by atoms with van der Waals surface area (Å²) >= 11 is 6.01. The van der Waals surface area contributed by atoms with Gasteiger partial charge in [-0.05, 0) is 12.1 Å². The van der Waals surface area contributed by atoms with Crippen LogP contribution in [0, 0.1) is 0 Å². The Labute approximate surface area is 120 Å². The smallest absolute Gasteiger partial charge is 0.277 e. The number of nitrogens with zero attached hydrogens (tertiary/aromatic N) is 3. The average Bonchev–Trinajstić information content (AvgIpc) is 2.90. The zero-order valence-electron chi connectivity index (χ0n) is 10.8. The minimum atomic E-state index is -0.400. The second kappa shape index (κ2) is 6.36. The first-order valence-electron chi connectivity index (χ1n) is 5.89. The number of ether oxygens (including phenoxy) is 1. The number of benzene rings is 1. The number of hydrogen-bond acceptors (Lipinski definition) is 5. The van der Waals surface area contributed by atoms with Crippen molar-refractivity contribution in [2.75, 3.05) is 19.0 Å². The fraction of sp³-hybridized carbons (Fsp3) is 0.250. The van der Waals surface area contributed by atoms with Crippen LogP contribution in [0.15, 0.2) is 24.4 Å². The van der Waals surface area contributed by atoms with Gasteiger partial charge in [-0.1, -0.05) is 16.8 Å². The van der Waals surface area contributed by atoms with Crippen LogP contribution >= 0.6 is 11.6 Å². The monoisotopic (exact) mass is 295 g/mol. The molecular formula is C12H14ClN5O2. The molecule has 0 fully saturated rings. The summed E-state index contributed by atoms with van der Waals surface area (Å²) in [6, 6.07) is 4.97. The number of halogens is 1. The summed E-state index contributed by atoms with van der Waals surface area (Å²) in [4.78, 5) is 12.0. The Balaban J connectivity index is 2.14. The zero-order valence-corrected chi connectivity index (χ0v) is 11.6. The molecule has 0 aliphatic rings. The summed E-state index contributed by atoms with van der Waals surface area (Å²) < 4.78 is 6.58. The van der Waals surface area contributed by atoms with Gasteiger partial charge in [0.25, 0.3) is 5.91 Å². The van der Waals surface area contributed by atoms with Crippen molar-refractivity contribution >= 4 is 23.2 Å². The number of anilines is 1. The van der Waals surface area contributed by atoms with Crippen LogP contribution in [-0.4, -0.2) is 34.6 Å². The Bertz CT molecular complexity index is 614. The van der Waals surface area contributed by atoms with Crippen LogP contribution < -0.4 is 15.8 Å². The highest BCUT2D eigenvalue weighted by Crippen LogP contribution is 2.26. The summed E-state index contributed by atoms with van der Waals surface area (Å²) in [7, 11) is 1.53. The highest BCUT2D eigenvalue weighted by molar-refractivity contribution is 6.34. The number of nitrogens with two attached hydrogens (primary N) is 1. The fourth-order valence-electron chi connectivity index (χ4n) is 1.56. The van der Waals surface area contributed by atoms with Crippen LogP contribution in [-0.2, 0) is 6.54 Å². The van der Waals surface area contributed by atoms with Crippen LogP contribution in [0.3, 0.4) is 0 Å². The first-order valence-corrected chi connectivity index (χ1v) is 6.27. The molecule has 106 valence electrons. The van der Waals surface area contributed by atoms with Crippen LogP contribution in [0.4, 0.5) is 5.69 Å². The van der Waals surface area contributed by atoms with Crippen molar-refractivity contribution in [1.82, 2.24) is 15.0 Å². The van der Waals surface area contributed by atoms with E-state index in [1.807, 2.05) is 0 Å². The third-order valence-corrected chi connectivity index (χ3v) is 2.88. The summed E-state index contributed by atoms with van der Waals surface area (Å²) in [5.74, 6) is 0.194. The maximum atomic E-state index is 12.0. The molecule has 0 bridgehead atoms. The lowest BCUT2D eigenvalue weighted by molar-refractivity contribution is 0.102. The van der Waals surface area contributed by atoms with Gasteiger partial charge in [-0.25, -0.2) is 0 Å². The largest absolute Gasteiger partial charge is 0.497 e. The van der Waals surface area contributed by atoms with Gasteiger partial charge < -0.3 is 15.8 Å². The normalized spacial score (nSPS) is 10.3. The van der Waals surface area contributed by atoms with Gasteiger partial charge in [-0.15, -0.1) is 5.10 Å². The maximum Gasteiger partial charge on any atom is 0.277 e. The number of hydrogen-bond donors (Lipinski definition) is 2. The molecule has 0 atom stereocenters. The van der Waals surface area contributed by atoms with Crippen molar-refractivity contribution in [2.45, 2.75) is 6.54 Å². The van der Waals surface area contributed by atoms with Gasteiger partial charge in [0.05, 0.1) is 30.6 Å². The Morgan fingerprint density at radius 3 is 3.05 bits per heavy atom. The molecule has 1 aromatic carbocycles. The number of nitrogens with one attached hydrogen (secondary N) is 1. The molecule has 0 unspecified atom stereocenters. The van der Waals surface area contributed by atoms with Crippen molar-refractivity contribution in [3.63, 3.8) is 0 Å². The highest BCUT2D eigenvalue weighted by Gasteiger charge is 2.13. The van der Waals surface area contributed by atoms with Crippen LogP contribution in [0.1, 0.15) is 10.5 Å². The molecule has 7 nitrogen and oxygen atoms in total. The van der Waals surface area contributed by atoms with E-state index in [0.29, 0.717) is 29.5 Å². The van der Waals surface area contributed by atoms with Crippen LogP contribution in [0.2, 0.25) is 5.02 Å². The van der Waals surface area contributed by atoms with Crippen LogP contribution in [0.25, 0.3) is 0 Å². The molecule has 0 aliphatic heterocycles. The molecule has 8 heteroatoms. The van der Waals surface area contributed by atoms with Gasteiger partial charge in [-0.3, -0.25) is 9.48 Å². The van der Waals surface area contributed by atoms with E-state index in [1.165, 1.54) is 18.0 Å². The van der Waals surface area contributed by atoms with Gasteiger partial charge in [-0.2, -0.15) is 0 Å². The minimum Gasteiger partial charge on any atom is -0.497 e. The molecule has 2 aromatic rings. The lowest BCUT2D eigenvalue weighted by atomic mass is 10.3. The minimum absolute atomic E-state index is 0.192. The number of amides is 1. The van der Waals surface area contributed by atoms with E-state index < -0.39 is 5.91 Å². The van der Waals surface area contributed by atoms with Crippen molar-refractivity contribution in [3.05, 3.63) is 35.1 Å². The van der Waals surface area contributed by atoms with E-state index in [0.717, 1.165) is 0 Å². The number of carbonyl (C=O) groups is 1. The van der Waals surface area contributed by atoms with Crippen molar-refractivity contribution in [2.24, 2.45) is 5.73 Å². The average molecular weight is 296 g/mol. The second-order valence-corrected chi connectivity index (χ2v) is 4.36. The zero-order chi connectivity index (χ0) is 14.5. The lowest BCUT2D eigenvalue weighted by Crippen LogP contribution is -2.13. The summed E-state index contributed by atoms with van der Waals surface area (Å²) in [5, 5.41) is 10.6. The quantitative estimate of drug-likeness (QED) is 0.863. The SMILES string of the molecule is COc1ccc(Cl)c(NC(=O)c2cn(CCN)nn2)c1. The predicted octanol–water partition coefficient (Wildman–Crippen LogP) is 1.15. The molecule has 2 rings (SSSR count). The van der Waals surface area contributed by atoms with Gasteiger partial charge in [0.1, 0.15) is 5.75 Å². The molecule has 1 heterocycles.